The van der Waals surface area contributed by atoms with Crippen molar-refractivity contribution in [2.24, 2.45) is 0 Å². The van der Waals surface area contributed by atoms with Gasteiger partial charge in [0.1, 0.15) is 5.75 Å². The smallest absolute Gasteiger partial charge is 0.124 e. The molecule has 0 saturated heterocycles. The second kappa shape index (κ2) is 7.15. The van der Waals surface area contributed by atoms with Gasteiger partial charge in [0.25, 0.3) is 0 Å². The van der Waals surface area contributed by atoms with Crippen molar-refractivity contribution >= 4 is 11.8 Å². The lowest BCUT2D eigenvalue weighted by molar-refractivity contribution is 0.218. The van der Waals surface area contributed by atoms with Gasteiger partial charge in [0.15, 0.2) is 0 Å². The Morgan fingerprint density at radius 1 is 1.38 bits per heavy atom. The van der Waals surface area contributed by atoms with E-state index in [-0.39, 0.29) is 0 Å². The lowest BCUT2D eigenvalue weighted by Crippen LogP contribution is -1.95. The first-order valence-electron chi connectivity index (χ1n) is 4.95. The molecule has 1 aromatic rings. The van der Waals surface area contributed by atoms with Gasteiger partial charge in [-0.1, -0.05) is 6.07 Å². The summed E-state index contributed by atoms with van der Waals surface area (Å²) in [7, 11) is 3.32. The van der Waals surface area contributed by atoms with Gasteiger partial charge in [-0.15, -0.1) is 0 Å². The summed E-state index contributed by atoms with van der Waals surface area (Å²) >= 11 is 1.79. The van der Waals surface area contributed by atoms with E-state index in [4.69, 9.17) is 14.7 Å². The fourth-order valence-electron chi connectivity index (χ4n) is 1.26. The fraction of sp³-hybridized carbons (Fsp3) is 0.417. The third-order valence-corrected chi connectivity index (χ3v) is 3.08. The normalized spacial score (nSPS) is 9.81. The van der Waals surface area contributed by atoms with Gasteiger partial charge in [0.2, 0.25) is 0 Å². The number of hydrogen-bond acceptors (Lipinski definition) is 4. The van der Waals surface area contributed by atoms with Crippen LogP contribution in [0.15, 0.2) is 18.2 Å². The van der Waals surface area contributed by atoms with Crippen LogP contribution in [0.3, 0.4) is 0 Å². The van der Waals surface area contributed by atoms with E-state index in [1.54, 1.807) is 32.0 Å². The summed E-state index contributed by atoms with van der Waals surface area (Å²) in [5.74, 6) is 2.61. The molecule has 0 fully saturated rings. The summed E-state index contributed by atoms with van der Waals surface area (Å²) in [6.07, 6.45) is 0. The molecule has 86 valence electrons. The van der Waals surface area contributed by atoms with E-state index in [2.05, 4.69) is 6.07 Å². The molecule has 0 unspecified atom stereocenters. The van der Waals surface area contributed by atoms with Gasteiger partial charge in [-0.3, -0.25) is 0 Å². The van der Waals surface area contributed by atoms with E-state index in [9.17, 15) is 0 Å². The summed E-state index contributed by atoms with van der Waals surface area (Å²) < 4.78 is 10.2. The fourth-order valence-corrected chi connectivity index (χ4v) is 2.14. The molecule has 0 spiro atoms. The summed E-state index contributed by atoms with van der Waals surface area (Å²) in [5.41, 5.74) is 1.74. The van der Waals surface area contributed by atoms with Crippen LogP contribution in [0.5, 0.6) is 5.75 Å². The number of nitrogens with zero attached hydrogens (tertiary/aromatic N) is 1. The molecule has 0 saturated carbocycles. The van der Waals surface area contributed by atoms with Crippen LogP contribution in [0.4, 0.5) is 0 Å². The highest BCUT2D eigenvalue weighted by atomic mass is 32.2. The van der Waals surface area contributed by atoms with Crippen molar-refractivity contribution in [3.05, 3.63) is 29.3 Å². The Labute approximate surface area is 100 Å². The Hall–Kier alpha value is -1.18. The first-order valence-corrected chi connectivity index (χ1v) is 6.11. The van der Waals surface area contributed by atoms with Crippen LogP contribution in [0, 0.1) is 11.3 Å². The minimum atomic E-state index is 0.627. The predicted molar refractivity (Wildman–Crippen MR) is 65.7 cm³/mol. The zero-order chi connectivity index (χ0) is 11.8. The molecule has 0 bridgehead atoms. The van der Waals surface area contributed by atoms with Gasteiger partial charge in [-0.25, -0.2) is 0 Å². The number of nitriles is 1. The summed E-state index contributed by atoms with van der Waals surface area (Å²) in [6.45, 7) is 0.753. The third kappa shape index (κ3) is 3.76. The van der Waals surface area contributed by atoms with Gasteiger partial charge < -0.3 is 9.47 Å². The van der Waals surface area contributed by atoms with Crippen molar-refractivity contribution in [3.63, 3.8) is 0 Å². The molecular formula is C12H15NO2S. The number of hydrogen-bond donors (Lipinski definition) is 0. The number of rotatable bonds is 6. The van der Waals surface area contributed by atoms with Crippen molar-refractivity contribution in [2.45, 2.75) is 5.75 Å². The minimum Gasteiger partial charge on any atom is -0.496 e. The van der Waals surface area contributed by atoms with Crippen LogP contribution in [-0.4, -0.2) is 26.6 Å². The molecule has 0 amide bonds. The van der Waals surface area contributed by atoms with Crippen molar-refractivity contribution in [1.29, 1.82) is 5.26 Å². The van der Waals surface area contributed by atoms with E-state index in [1.807, 2.05) is 12.1 Å². The van der Waals surface area contributed by atoms with Crippen molar-refractivity contribution < 1.29 is 9.47 Å². The first kappa shape index (κ1) is 12.9. The lowest BCUT2D eigenvalue weighted by Gasteiger charge is -2.08. The molecular weight excluding hydrogens is 222 g/mol. The molecule has 4 heteroatoms. The van der Waals surface area contributed by atoms with Crippen molar-refractivity contribution in [2.75, 3.05) is 26.6 Å². The molecule has 0 N–H and O–H groups in total. The average molecular weight is 237 g/mol. The first-order chi connectivity index (χ1) is 7.81. The number of ether oxygens (including phenoxy) is 2. The zero-order valence-electron chi connectivity index (χ0n) is 9.53. The molecule has 0 aliphatic rings. The van der Waals surface area contributed by atoms with E-state index >= 15 is 0 Å². The maximum atomic E-state index is 8.77. The van der Waals surface area contributed by atoms with Crippen LogP contribution in [-0.2, 0) is 10.5 Å². The van der Waals surface area contributed by atoms with Crippen molar-refractivity contribution in [1.82, 2.24) is 0 Å². The largest absolute Gasteiger partial charge is 0.496 e. The molecule has 3 nitrogen and oxygen atoms in total. The standard InChI is InChI=1S/C12H15NO2S/c1-14-5-6-16-9-11-4-3-10(8-13)7-12(11)15-2/h3-4,7H,5-6,9H2,1-2H3. The molecule has 0 aliphatic heterocycles. The predicted octanol–water partition coefficient (Wildman–Crippen LogP) is 2.45. The molecule has 16 heavy (non-hydrogen) atoms. The van der Waals surface area contributed by atoms with E-state index in [0.717, 1.165) is 29.4 Å². The second-order valence-corrected chi connectivity index (χ2v) is 4.29. The Morgan fingerprint density at radius 3 is 2.81 bits per heavy atom. The van der Waals surface area contributed by atoms with Crippen molar-refractivity contribution in [3.8, 4) is 11.8 Å². The van der Waals surface area contributed by atoms with Gasteiger partial charge in [-0.2, -0.15) is 17.0 Å². The molecule has 0 aromatic heterocycles. The van der Waals surface area contributed by atoms with Gasteiger partial charge in [0.05, 0.1) is 25.3 Å². The Morgan fingerprint density at radius 2 is 2.19 bits per heavy atom. The number of benzene rings is 1. The maximum Gasteiger partial charge on any atom is 0.124 e. The number of methoxy groups -OCH3 is 2. The quantitative estimate of drug-likeness (QED) is 0.713. The van der Waals surface area contributed by atoms with Gasteiger partial charge in [-0.05, 0) is 12.1 Å². The third-order valence-electron chi connectivity index (χ3n) is 2.11. The van der Waals surface area contributed by atoms with Crippen LogP contribution in [0.25, 0.3) is 0 Å². The minimum absolute atomic E-state index is 0.627. The Balaban J connectivity index is 2.62. The Bertz CT molecular complexity index is 374. The highest BCUT2D eigenvalue weighted by Crippen LogP contribution is 2.24. The molecule has 0 atom stereocenters. The maximum absolute atomic E-state index is 8.77. The average Bonchev–Trinajstić information content (AvgIpc) is 2.34. The summed E-state index contributed by atoms with van der Waals surface area (Å²) in [6, 6.07) is 7.62. The number of thioether (sulfide) groups is 1. The van der Waals surface area contributed by atoms with Gasteiger partial charge >= 0.3 is 0 Å². The molecule has 0 aliphatic carbocycles. The molecule has 0 radical (unpaired) electrons. The van der Waals surface area contributed by atoms with Gasteiger partial charge in [0, 0.05) is 24.2 Å². The zero-order valence-corrected chi connectivity index (χ0v) is 10.3. The van der Waals surface area contributed by atoms with E-state index in [1.165, 1.54) is 0 Å². The second-order valence-electron chi connectivity index (χ2n) is 3.18. The van der Waals surface area contributed by atoms with E-state index < -0.39 is 0 Å². The van der Waals surface area contributed by atoms with Crippen LogP contribution in [0.1, 0.15) is 11.1 Å². The van der Waals surface area contributed by atoms with E-state index in [0.29, 0.717) is 5.56 Å². The molecule has 1 aromatic carbocycles. The molecule has 0 heterocycles. The monoisotopic (exact) mass is 237 g/mol. The summed E-state index contributed by atoms with van der Waals surface area (Å²) in [4.78, 5) is 0. The Kier molecular flexibility index (Phi) is 5.76. The lowest BCUT2D eigenvalue weighted by atomic mass is 10.1. The van der Waals surface area contributed by atoms with Crippen LogP contribution >= 0.6 is 11.8 Å². The molecule has 1 rings (SSSR count). The van der Waals surface area contributed by atoms with Crippen LogP contribution in [0.2, 0.25) is 0 Å². The van der Waals surface area contributed by atoms with Crippen LogP contribution < -0.4 is 4.74 Å². The summed E-state index contributed by atoms with van der Waals surface area (Å²) in [5, 5.41) is 8.77. The SMILES string of the molecule is COCCSCc1ccc(C#N)cc1OC. The topological polar surface area (TPSA) is 42.2 Å². The highest BCUT2D eigenvalue weighted by Gasteiger charge is 2.04. The highest BCUT2D eigenvalue weighted by molar-refractivity contribution is 7.98.